The van der Waals surface area contributed by atoms with E-state index in [0.717, 1.165) is 0 Å². The number of amides is 2. The molecule has 0 aliphatic heterocycles. The standard InChI is InChI=1S/C12H23N3O6S/c16-7-4-10(18)13-6-2-1-3-9(12(20)21-15-22)14-11(19)5-8-17/h9,15-17,22H,1-8H2,(H,13,18)(H,14,19). The molecule has 5 N–H and O–H groups in total. The minimum Gasteiger partial charge on any atom is -0.396 e. The van der Waals surface area contributed by atoms with E-state index in [1.807, 2.05) is 4.89 Å². The van der Waals surface area contributed by atoms with E-state index in [0.29, 0.717) is 25.8 Å². The number of thiol groups is 1. The summed E-state index contributed by atoms with van der Waals surface area (Å²) in [6.07, 6.45) is 1.44. The normalized spacial score (nSPS) is 11.6. The van der Waals surface area contributed by atoms with Gasteiger partial charge in [-0.1, -0.05) is 17.7 Å². The highest BCUT2D eigenvalue weighted by atomic mass is 32.1. The van der Waals surface area contributed by atoms with Crippen molar-refractivity contribution in [3.8, 4) is 0 Å². The molecule has 0 saturated heterocycles. The number of aliphatic hydroxyl groups excluding tert-OH is 2. The maximum Gasteiger partial charge on any atom is 0.348 e. The van der Waals surface area contributed by atoms with Crippen molar-refractivity contribution in [1.29, 1.82) is 0 Å². The first-order valence-corrected chi connectivity index (χ1v) is 7.37. The third kappa shape index (κ3) is 10.4. The number of hydrogen-bond acceptors (Lipinski definition) is 8. The topological polar surface area (TPSA) is 137 Å². The number of hydrogen-bond donors (Lipinski definition) is 6. The molecule has 0 aromatic heterocycles. The summed E-state index contributed by atoms with van der Waals surface area (Å²) in [5.74, 6) is -1.39. The quantitative estimate of drug-likeness (QED) is 0.144. The molecule has 0 heterocycles. The van der Waals surface area contributed by atoms with Gasteiger partial charge in [0.15, 0.2) is 0 Å². The van der Waals surface area contributed by atoms with Gasteiger partial charge in [-0.05, 0) is 19.3 Å². The lowest BCUT2D eigenvalue weighted by molar-refractivity contribution is -0.151. The highest BCUT2D eigenvalue weighted by molar-refractivity contribution is 7.77. The zero-order valence-electron chi connectivity index (χ0n) is 12.2. The number of aliphatic hydroxyl groups is 2. The van der Waals surface area contributed by atoms with E-state index >= 15 is 0 Å². The van der Waals surface area contributed by atoms with Gasteiger partial charge in [-0.2, -0.15) is 0 Å². The lowest BCUT2D eigenvalue weighted by atomic mass is 10.1. The average molecular weight is 337 g/mol. The van der Waals surface area contributed by atoms with Gasteiger partial charge in [0.1, 0.15) is 6.04 Å². The van der Waals surface area contributed by atoms with Crippen molar-refractivity contribution in [1.82, 2.24) is 15.5 Å². The van der Waals surface area contributed by atoms with Crippen LogP contribution < -0.4 is 15.5 Å². The van der Waals surface area contributed by atoms with Crippen molar-refractivity contribution >= 4 is 30.6 Å². The van der Waals surface area contributed by atoms with E-state index in [-0.39, 0.29) is 32.0 Å². The van der Waals surface area contributed by atoms with Gasteiger partial charge in [-0.25, -0.2) is 4.79 Å². The maximum atomic E-state index is 11.6. The first-order valence-electron chi connectivity index (χ1n) is 6.92. The van der Waals surface area contributed by atoms with Crippen LogP contribution in [0, 0.1) is 0 Å². The second kappa shape index (κ2) is 13.3. The van der Waals surface area contributed by atoms with Gasteiger partial charge in [0.05, 0.1) is 13.2 Å². The van der Waals surface area contributed by atoms with Gasteiger partial charge in [0.2, 0.25) is 11.8 Å². The monoisotopic (exact) mass is 337 g/mol. The molecule has 2 amide bonds. The van der Waals surface area contributed by atoms with Crippen molar-refractivity contribution in [3.05, 3.63) is 0 Å². The smallest absolute Gasteiger partial charge is 0.348 e. The minimum absolute atomic E-state index is 0.0553. The van der Waals surface area contributed by atoms with Crippen LogP contribution in [0.3, 0.4) is 0 Å². The Labute approximate surface area is 134 Å². The van der Waals surface area contributed by atoms with Crippen LogP contribution >= 0.6 is 12.8 Å². The summed E-state index contributed by atoms with van der Waals surface area (Å²) in [7, 11) is 0. The molecule has 0 aromatic carbocycles. The van der Waals surface area contributed by atoms with Crippen LogP contribution in [0.4, 0.5) is 0 Å². The summed E-state index contributed by atoms with van der Waals surface area (Å²) >= 11 is 3.54. The lowest BCUT2D eigenvalue weighted by Crippen LogP contribution is -2.43. The van der Waals surface area contributed by atoms with E-state index in [1.165, 1.54) is 0 Å². The number of carbonyl (C=O) groups excluding carboxylic acids is 3. The van der Waals surface area contributed by atoms with E-state index in [9.17, 15) is 14.4 Å². The Hall–Kier alpha value is -1.36. The van der Waals surface area contributed by atoms with Gasteiger partial charge < -0.3 is 25.7 Å². The molecule has 0 aliphatic rings. The predicted molar refractivity (Wildman–Crippen MR) is 80.4 cm³/mol. The minimum atomic E-state index is -0.855. The maximum absolute atomic E-state index is 11.6. The molecule has 0 rings (SSSR count). The van der Waals surface area contributed by atoms with Gasteiger partial charge in [-0.15, -0.1) is 0 Å². The number of rotatable bonds is 12. The fourth-order valence-corrected chi connectivity index (χ4v) is 1.71. The zero-order chi connectivity index (χ0) is 16.8. The second-order valence-corrected chi connectivity index (χ2v) is 4.61. The molecule has 0 spiro atoms. The van der Waals surface area contributed by atoms with Gasteiger partial charge >= 0.3 is 5.97 Å². The fourth-order valence-electron chi connectivity index (χ4n) is 1.62. The Morgan fingerprint density at radius 2 is 1.68 bits per heavy atom. The molecule has 0 saturated carbocycles. The first-order chi connectivity index (χ1) is 10.5. The van der Waals surface area contributed by atoms with Crippen LogP contribution in [0.5, 0.6) is 0 Å². The van der Waals surface area contributed by atoms with Crippen LogP contribution in [-0.2, 0) is 19.2 Å². The average Bonchev–Trinajstić information content (AvgIpc) is 2.46. The molecule has 1 unspecified atom stereocenters. The molecule has 9 nitrogen and oxygen atoms in total. The zero-order valence-corrected chi connectivity index (χ0v) is 13.1. The van der Waals surface area contributed by atoms with E-state index in [4.69, 9.17) is 10.2 Å². The largest absolute Gasteiger partial charge is 0.396 e. The summed E-state index contributed by atoms with van der Waals surface area (Å²) in [5.41, 5.74) is 0. The summed E-state index contributed by atoms with van der Waals surface area (Å²) in [6.45, 7) is -0.0985. The fraction of sp³-hybridized carbons (Fsp3) is 0.750. The molecular formula is C12H23N3O6S. The third-order valence-corrected chi connectivity index (χ3v) is 2.78. The van der Waals surface area contributed by atoms with E-state index in [1.54, 1.807) is 0 Å². The molecule has 0 radical (unpaired) electrons. The van der Waals surface area contributed by atoms with Crippen molar-refractivity contribution in [3.63, 3.8) is 0 Å². The van der Waals surface area contributed by atoms with E-state index in [2.05, 4.69) is 28.3 Å². The van der Waals surface area contributed by atoms with Crippen LogP contribution in [0.2, 0.25) is 0 Å². The van der Waals surface area contributed by atoms with Crippen molar-refractivity contribution in [2.45, 2.75) is 38.1 Å². The predicted octanol–water partition coefficient (Wildman–Crippen LogP) is -1.58. The molecule has 0 fully saturated rings. The SMILES string of the molecule is O=C(CCO)NCCCCC(NC(=O)CCO)C(=O)ONS. The number of unbranched alkanes of at least 4 members (excludes halogenated alkanes) is 1. The number of carbonyl (C=O) groups is 3. The summed E-state index contributed by atoms with van der Waals surface area (Å²) in [4.78, 5) is 40.6. The molecule has 0 aromatic rings. The molecule has 22 heavy (non-hydrogen) atoms. The van der Waals surface area contributed by atoms with Crippen molar-refractivity contribution < 1.29 is 29.4 Å². The molecular weight excluding hydrogens is 314 g/mol. The van der Waals surface area contributed by atoms with Crippen LogP contribution in [0.25, 0.3) is 0 Å². The van der Waals surface area contributed by atoms with Crippen molar-refractivity contribution in [2.24, 2.45) is 0 Å². The molecule has 1 atom stereocenters. The first kappa shape index (κ1) is 20.6. The summed E-state index contributed by atoms with van der Waals surface area (Å²) in [6, 6.07) is -0.855. The Bertz CT molecular complexity index is 356. The number of nitrogens with one attached hydrogen (secondary N) is 3. The highest BCUT2D eigenvalue weighted by Crippen LogP contribution is 2.03. The van der Waals surface area contributed by atoms with Crippen LogP contribution in [0.1, 0.15) is 32.1 Å². The van der Waals surface area contributed by atoms with Crippen LogP contribution in [-0.4, -0.2) is 53.8 Å². The third-order valence-electron chi connectivity index (χ3n) is 2.69. The Morgan fingerprint density at radius 3 is 2.27 bits per heavy atom. The Kier molecular flexibility index (Phi) is 12.5. The lowest BCUT2D eigenvalue weighted by Gasteiger charge is -2.16. The van der Waals surface area contributed by atoms with Crippen molar-refractivity contribution in [2.75, 3.05) is 19.8 Å². The van der Waals surface area contributed by atoms with Gasteiger partial charge in [-0.3, -0.25) is 9.59 Å². The summed E-state index contributed by atoms with van der Waals surface area (Å²) < 4.78 is 0. The molecule has 10 heteroatoms. The second-order valence-electron chi connectivity index (χ2n) is 4.43. The van der Waals surface area contributed by atoms with Crippen LogP contribution in [0.15, 0.2) is 0 Å². The molecule has 0 bridgehead atoms. The van der Waals surface area contributed by atoms with Gasteiger partial charge in [0, 0.05) is 19.4 Å². The Morgan fingerprint density at radius 1 is 1.05 bits per heavy atom. The Balaban J connectivity index is 4.09. The summed E-state index contributed by atoms with van der Waals surface area (Å²) in [5, 5.41) is 22.3. The molecule has 0 aliphatic carbocycles. The molecule has 128 valence electrons. The van der Waals surface area contributed by atoms with Gasteiger partial charge in [0.25, 0.3) is 0 Å². The highest BCUT2D eigenvalue weighted by Gasteiger charge is 2.21. The van der Waals surface area contributed by atoms with E-state index < -0.39 is 17.9 Å².